The van der Waals surface area contributed by atoms with Gasteiger partial charge in [0.2, 0.25) is 10.0 Å². The van der Waals surface area contributed by atoms with Gasteiger partial charge in [0.25, 0.3) is 0 Å². The normalized spacial score (nSPS) is 11.7. The van der Waals surface area contributed by atoms with E-state index in [2.05, 4.69) is 4.72 Å². The fraction of sp³-hybridized carbons (Fsp3) is 0.250. The third-order valence-corrected chi connectivity index (χ3v) is 3.72. The summed E-state index contributed by atoms with van der Waals surface area (Å²) >= 11 is 0. The lowest BCUT2D eigenvalue weighted by Crippen LogP contribution is -2.09. The molecular formula is C16H18FNO2S. The minimum absolute atomic E-state index is 0.243. The van der Waals surface area contributed by atoms with E-state index in [0.717, 1.165) is 22.9 Å². The van der Waals surface area contributed by atoms with Crippen LogP contribution in [0.25, 0.3) is 11.1 Å². The van der Waals surface area contributed by atoms with Crippen LogP contribution in [0.5, 0.6) is 0 Å². The molecule has 2 aromatic rings. The highest BCUT2D eigenvalue weighted by Gasteiger charge is 2.11. The van der Waals surface area contributed by atoms with E-state index >= 15 is 0 Å². The largest absolute Gasteiger partial charge is 0.284 e. The van der Waals surface area contributed by atoms with Crippen molar-refractivity contribution in [2.24, 2.45) is 0 Å². The summed E-state index contributed by atoms with van der Waals surface area (Å²) in [6.07, 6.45) is 1.10. The zero-order valence-electron chi connectivity index (χ0n) is 12.2. The van der Waals surface area contributed by atoms with Crippen molar-refractivity contribution in [3.05, 3.63) is 53.8 Å². The molecule has 0 radical (unpaired) electrons. The predicted octanol–water partition coefficient (Wildman–Crippen LogP) is 3.99. The molecule has 0 aliphatic heterocycles. The first-order chi connectivity index (χ1) is 9.76. The maximum Gasteiger partial charge on any atom is 0.229 e. The Bertz CT molecular complexity index is 755. The monoisotopic (exact) mass is 307 g/mol. The summed E-state index contributed by atoms with van der Waals surface area (Å²) in [7, 11) is -3.33. The Morgan fingerprint density at radius 1 is 1.10 bits per heavy atom. The summed E-state index contributed by atoms with van der Waals surface area (Å²) < 4.78 is 38.6. The second-order valence-electron chi connectivity index (χ2n) is 5.34. The van der Waals surface area contributed by atoms with E-state index in [1.54, 1.807) is 24.3 Å². The van der Waals surface area contributed by atoms with Gasteiger partial charge in [0.1, 0.15) is 5.82 Å². The Balaban J connectivity index is 2.52. The number of benzene rings is 2. The fourth-order valence-corrected chi connectivity index (χ4v) is 2.80. The minimum Gasteiger partial charge on any atom is -0.284 e. The highest BCUT2D eigenvalue weighted by molar-refractivity contribution is 7.92. The van der Waals surface area contributed by atoms with Gasteiger partial charge in [0.15, 0.2) is 0 Å². The molecule has 1 N–H and O–H groups in total. The van der Waals surface area contributed by atoms with Crippen LogP contribution in [0.1, 0.15) is 25.3 Å². The summed E-state index contributed by atoms with van der Waals surface area (Å²) in [4.78, 5) is 0. The van der Waals surface area contributed by atoms with Crippen molar-refractivity contribution >= 4 is 15.7 Å². The topological polar surface area (TPSA) is 46.2 Å². The summed E-state index contributed by atoms with van der Waals surface area (Å²) in [6, 6.07) is 11.7. The van der Waals surface area contributed by atoms with Gasteiger partial charge in [-0.3, -0.25) is 4.72 Å². The number of sulfonamides is 1. The fourth-order valence-electron chi connectivity index (χ4n) is 2.25. The van der Waals surface area contributed by atoms with Crippen molar-refractivity contribution in [2.45, 2.75) is 19.8 Å². The van der Waals surface area contributed by atoms with Crippen molar-refractivity contribution in [3.63, 3.8) is 0 Å². The smallest absolute Gasteiger partial charge is 0.229 e. The molecule has 112 valence electrons. The van der Waals surface area contributed by atoms with E-state index in [1.807, 2.05) is 19.9 Å². The van der Waals surface area contributed by atoms with Crippen molar-refractivity contribution in [3.8, 4) is 11.1 Å². The third-order valence-electron chi connectivity index (χ3n) is 3.11. The predicted molar refractivity (Wildman–Crippen MR) is 84.4 cm³/mol. The minimum atomic E-state index is -3.33. The molecule has 0 spiro atoms. The molecule has 0 saturated carbocycles. The summed E-state index contributed by atoms with van der Waals surface area (Å²) in [5.41, 5.74) is 3.05. The molecule has 2 aromatic carbocycles. The molecule has 0 fully saturated rings. The Morgan fingerprint density at radius 3 is 2.43 bits per heavy atom. The molecule has 3 nitrogen and oxygen atoms in total. The number of halogens is 1. The zero-order chi connectivity index (χ0) is 15.6. The van der Waals surface area contributed by atoms with Gasteiger partial charge in [-0.25, -0.2) is 12.8 Å². The Kier molecular flexibility index (Phi) is 4.32. The number of hydrogen-bond acceptors (Lipinski definition) is 2. The van der Waals surface area contributed by atoms with Crippen molar-refractivity contribution < 1.29 is 12.8 Å². The highest BCUT2D eigenvalue weighted by atomic mass is 32.2. The van der Waals surface area contributed by atoms with Crippen LogP contribution in [0.3, 0.4) is 0 Å². The van der Waals surface area contributed by atoms with Crippen LogP contribution in [-0.2, 0) is 10.0 Å². The Morgan fingerprint density at radius 2 is 1.81 bits per heavy atom. The molecule has 21 heavy (non-hydrogen) atoms. The van der Waals surface area contributed by atoms with Crippen LogP contribution >= 0.6 is 0 Å². The average molecular weight is 307 g/mol. The van der Waals surface area contributed by atoms with Crippen LogP contribution in [0, 0.1) is 5.82 Å². The first kappa shape index (κ1) is 15.5. The van der Waals surface area contributed by atoms with Gasteiger partial charge < -0.3 is 0 Å². The molecule has 0 saturated heterocycles. The van der Waals surface area contributed by atoms with E-state index in [9.17, 15) is 12.8 Å². The van der Waals surface area contributed by atoms with Crippen molar-refractivity contribution in [2.75, 3.05) is 11.0 Å². The second kappa shape index (κ2) is 5.85. The zero-order valence-corrected chi connectivity index (χ0v) is 13.0. The van der Waals surface area contributed by atoms with Crippen molar-refractivity contribution in [1.82, 2.24) is 0 Å². The number of anilines is 1. The number of nitrogens with one attached hydrogen (secondary N) is 1. The molecule has 0 amide bonds. The van der Waals surface area contributed by atoms with Crippen LogP contribution < -0.4 is 4.72 Å². The van der Waals surface area contributed by atoms with Crippen LogP contribution in [0.4, 0.5) is 10.1 Å². The molecule has 0 aromatic heterocycles. The van der Waals surface area contributed by atoms with Gasteiger partial charge in [0.05, 0.1) is 6.26 Å². The molecule has 2 rings (SSSR count). The van der Waals surface area contributed by atoms with Gasteiger partial charge in [-0.2, -0.15) is 0 Å². The molecule has 0 aliphatic rings. The Labute approximate surface area is 124 Å². The molecular weight excluding hydrogens is 289 g/mol. The Hall–Kier alpha value is -1.88. The van der Waals surface area contributed by atoms with E-state index in [4.69, 9.17) is 0 Å². The lowest BCUT2D eigenvalue weighted by atomic mass is 9.92. The lowest BCUT2D eigenvalue weighted by Gasteiger charge is -2.14. The lowest BCUT2D eigenvalue weighted by molar-refractivity contribution is 0.607. The van der Waals surface area contributed by atoms with E-state index < -0.39 is 10.0 Å². The number of rotatable bonds is 4. The van der Waals surface area contributed by atoms with Gasteiger partial charge in [-0.15, -0.1) is 0 Å². The molecule has 5 heteroatoms. The third kappa shape index (κ3) is 4.04. The molecule has 0 heterocycles. The summed E-state index contributed by atoms with van der Waals surface area (Å²) in [6.45, 7) is 4.07. The quantitative estimate of drug-likeness (QED) is 0.928. The first-order valence-electron chi connectivity index (χ1n) is 6.64. The molecule has 0 unspecified atom stereocenters. The van der Waals surface area contributed by atoms with Crippen LogP contribution in [0.15, 0.2) is 42.5 Å². The van der Waals surface area contributed by atoms with Gasteiger partial charge in [-0.1, -0.05) is 32.0 Å². The van der Waals surface area contributed by atoms with E-state index in [0.29, 0.717) is 5.69 Å². The summed E-state index contributed by atoms with van der Waals surface area (Å²) in [5, 5.41) is 0. The van der Waals surface area contributed by atoms with Gasteiger partial charge in [0, 0.05) is 5.69 Å². The van der Waals surface area contributed by atoms with Gasteiger partial charge >= 0.3 is 0 Å². The maximum absolute atomic E-state index is 13.6. The second-order valence-corrected chi connectivity index (χ2v) is 7.09. The number of hydrogen-bond donors (Lipinski definition) is 1. The van der Waals surface area contributed by atoms with Gasteiger partial charge in [-0.05, 0) is 46.9 Å². The van der Waals surface area contributed by atoms with E-state index in [1.165, 1.54) is 12.1 Å². The van der Waals surface area contributed by atoms with Crippen LogP contribution in [0.2, 0.25) is 0 Å². The molecule has 0 atom stereocenters. The van der Waals surface area contributed by atoms with E-state index in [-0.39, 0.29) is 11.7 Å². The first-order valence-corrected chi connectivity index (χ1v) is 8.53. The summed E-state index contributed by atoms with van der Waals surface area (Å²) in [5.74, 6) is -0.0667. The molecule has 0 bridgehead atoms. The van der Waals surface area contributed by atoms with Crippen molar-refractivity contribution in [1.29, 1.82) is 0 Å². The highest BCUT2D eigenvalue weighted by Crippen LogP contribution is 2.31. The average Bonchev–Trinajstić information content (AvgIpc) is 2.36. The van der Waals surface area contributed by atoms with Crippen LogP contribution in [-0.4, -0.2) is 14.7 Å². The maximum atomic E-state index is 13.6. The standard InChI is InChI=1S/C16H18FNO2S/c1-11(2)15-8-7-13(17)10-16(15)12-5-4-6-14(9-12)18-21(3,19)20/h4-11,18H,1-3H3. The molecule has 0 aliphatic carbocycles. The SMILES string of the molecule is CC(C)c1ccc(F)cc1-c1cccc(NS(C)(=O)=O)c1.